The Bertz CT molecular complexity index is 1140. The largest absolute Gasteiger partial charge is 0.481 e. The van der Waals surface area contributed by atoms with Crippen molar-refractivity contribution in [2.75, 3.05) is 6.61 Å². The molecule has 1 atom stereocenters. The number of carbonyl (C=O) groups is 3. The van der Waals surface area contributed by atoms with Crippen molar-refractivity contribution in [2.45, 2.75) is 31.8 Å². The Labute approximate surface area is 190 Å². The van der Waals surface area contributed by atoms with Crippen LogP contribution in [0.2, 0.25) is 0 Å². The molecule has 0 aliphatic heterocycles. The molecule has 8 nitrogen and oxygen atoms in total. The molecule has 8 heteroatoms. The molecule has 0 bridgehead atoms. The summed E-state index contributed by atoms with van der Waals surface area (Å²) in [6.07, 6.45) is 0.0700. The fraction of sp³-hybridized carbons (Fsp3) is 0.240. The lowest BCUT2D eigenvalue weighted by Gasteiger charge is -2.18. The monoisotopic (exact) mass is 448 g/mol. The van der Waals surface area contributed by atoms with Crippen molar-refractivity contribution in [3.63, 3.8) is 0 Å². The van der Waals surface area contributed by atoms with Gasteiger partial charge in [-0.25, -0.2) is 4.79 Å². The van der Waals surface area contributed by atoms with Crippen LogP contribution in [0.1, 0.15) is 34.8 Å². The zero-order valence-corrected chi connectivity index (χ0v) is 18.0. The smallest absolute Gasteiger partial charge is 0.407 e. The van der Waals surface area contributed by atoms with Gasteiger partial charge in [0.2, 0.25) is 5.91 Å². The van der Waals surface area contributed by atoms with Crippen LogP contribution in [0.15, 0.2) is 65.3 Å². The van der Waals surface area contributed by atoms with Crippen LogP contribution in [-0.4, -0.2) is 35.7 Å². The third kappa shape index (κ3) is 4.90. The van der Waals surface area contributed by atoms with Gasteiger partial charge in [0.1, 0.15) is 18.4 Å². The van der Waals surface area contributed by atoms with Gasteiger partial charge < -0.3 is 24.9 Å². The molecule has 1 unspecified atom stereocenters. The number of fused-ring (bicyclic) bond motifs is 3. The van der Waals surface area contributed by atoms with Crippen LogP contribution in [-0.2, 0) is 20.9 Å². The maximum atomic E-state index is 12.5. The molecule has 2 aromatic carbocycles. The van der Waals surface area contributed by atoms with Gasteiger partial charge in [-0.2, -0.15) is 0 Å². The standard InChI is InChI=1S/C25H24N2O6/c1-15-10-11-32-22(15)13-26-24(30)21(12-23(28)29)27-25(31)33-14-20-18-8-4-2-6-16(18)17-7-3-5-9-19(17)20/h2-11,20-21H,12-14H2,1H3,(H,26,30)(H,27,31)(H,28,29). The van der Waals surface area contributed by atoms with E-state index >= 15 is 0 Å². The summed E-state index contributed by atoms with van der Waals surface area (Å²) in [7, 11) is 0. The molecule has 1 aromatic heterocycles. The molecule has 3 N–H and O–H groups in total. The van der Waals surface area contributed by atoms with Gasteiger partial charge in [-0.1, -0.05) is 48.5 Å². The number of ether oxygens (including phenoxy) is 1. The van der Waals surface area contributed by atoms with E-state index in [4.69, 9.17) is 9.15 Å². The van der Waals surface area contributed by atoms with Crippen molar-refractivity contribution in [1.82, 2.24) is 10.6 Å². The zero-order valence-electron chi connectivity index (χ0n) is 18.0. The Kier molecular flexibility index (Phi) is 6.44. The Balaban J connectivity index is 1.39. The molecule has 0 spiro atoms. The number of aryl methyl sites for hydroxylation is 1. The molecular weight excluding hydrogens is 424 g/mol. The molecule has 170 valence electrons. The first-order chi connectivity index (χ1) is 15.9. The summed E-state index contributed by atoms with van der Waals surface area (Å²) < 4.78 is 10.7. The zero-order chi connectivity index (χ0) is 23.4. The second-order valence-corrected chi connectivity index (χ2v) is 7.86. The molecule has 1 heterocycles. The minimum Gasteiger partial charge on any atom is -0.481 e. The number of benzene rings is 2. The van der Waals surface area contributed by atoms with Gasteiger partial charge in [0.05, 0.1) is 19.2 Å². The average Bonchev–Trinajstić information content (AvgIpc) is 3.36. The first-order valence-corrected chi connectivity index (χ1v) is 10.6. The minimum absolute atomic E-state index is 0.0624. The van der Waals surface area contributed by atoms with E-state index in [0.717, 1.165) is 27.8 Å². The van der Waals surface area contributed by atoms with Gasteiger partial charge in [0.15, 0.2) is 0 Å². The number of amides is 2. The summed E-state index contributed by atoms with van der Waals surface area (Å²) in [6, 6.07) is 16.3. The maximum Gasteiger partial charge on any atom is 0.407 e. The van der Waals surface area contributed by atoms with E-state index in [1.54, 1.807) is 6.07 Å². The lowest BCUT2D eigenvalue weighted by Crippen LogP contribution is -2.48. The van der Waals surface area contributed by atoms with E-state index < -0.39 is 30.4 Å². The average molecular weight is 448 g/mol. The number of hydrogen-bond acceptors (Lipinski definition) is 5. The van der Waals surface area contributed by atoms with Crippen LogP contribution in [0.5, 0.6) is 0 Å². The Hall–Kier alpha value is -4.07. The number of nitrogens with one attached hydrogen (secondary N) is 2. The molecule has 0 fully saturated rings. The first-order valence-electron chi connectivity index (χ1n) is 10.6. The van der Waals surface area contributed by atoms with Crippen molar-refractivity contribution < 1.29 is 28.6 Å². The summed E-state index contributed by atoms with van der Waals surface area (Å²) in [4.78, 5) is 36.2. The van der Waals surface area contributed by atoms with E-state index in [1.165, 1.54) is 6.26 Å². The number of aliphatic carboxylic acids is 1. The van der Waals surface area contributed by atoms with Crippen LogP contribution in [0.4, 0.5) is 4.79 Å². The van der Waals surface area contributed by atoms with E-state index in [1.807, 2.05) is 55.5 Å². The number of carbonyl (C=O) groups excluding carboxylic acids is 2. The van der Waals surface area contributed by atoms with Crippen molar-refractivity contribution in [3.05, 3.63) is 83.3 Å². The fourth-order valence-corrected chi connectivity index (χ4v) is 4.04. The van der Waals surface area contributed by atoms with Crippen LogP contribution in [0.25, 0.3) is 11.1 Å². The van der Waals surface area contributed by atoms with E-state index in [0.29, 0.717) is 5.76 Å². The van der Waals surface area contributed by atoms with Crippen molar-refractivity contribution >= 4 is 18.0 Å². The molecular formula is C25H24N2O6. The van der Waals surface area contributed by atoms with E-state index in [9.17, 15) is 19.5 Å². The Morgan fingerprint density at radius 1 is 1.03 bits per heavy atom. The van der Waals surface area contributed by atoms with Gasteiger partial charge in [0.25, 0.3) is 0 Å². The normalized spacial score (nSPS) is 13.0. The molecule has 0 saturated heterocycles. The minimum atomic E-state index is -1.28. The van der Waals surface area contributed by atoms with Crippen LogP contribution in [0, 0.1) is 6.92 Å². The summed E-state index contributed by atoms with van der Waals surface area (Å²) in [6.45, 7) is 1.97. The van der Waals surface area contributed by atoms with Gasteiger partial charge in [-0.15, -0.1) is 0 Å². The summed E-state index contributed by atoms with van der Waals surface area (Å²) in [5, 5.41) is 14.1. The molecule has 33 heavy (non-hydrogen) atoms. The lowest BCUT2D eigenvalue weighted by molar-refractivity contribution is -0.139. The number of rotatable bonds is 8. The third-order valence-corrected chi connectivity index (χ3v) is 5.72. The number of carboxylic acids is 1. The third-order valence-electron chi connectivity index (χ3n) is 5.72. The first kappa shape index (κ1) is 22.1. The van der Waals surface area contributed by atoms with Crippen molar-refractivity contribution in [2.24, 2.45) is 0 Å². The number of hydrogen-bond donors (Lipinski definition) is 3. The molecule has 3 aromatic rings. The second kappa shape index (κ2) is 9.60. The van der Waals surface area contributed by atoms with Crippen LogP contribution >= 0.6 is 0 Å². The predicted molar refractivity (Wildman–Crippen MR) is 120 cm³/mol. The Morgan fingerprint density at radius 3 is 2.24 bits per heavy atom. The maximum absolute atomic E-state index is 12.5. The molecule has 1 aliphatic carbocycles. The molecule has 0 saturated carbocycles. The SMILES string of the molecule is Cc1ccoc1CNC(=O)C(CC(=O)O)NC(=O)OCC1c2ccccc2-c2ccccc21. The second-order valence-electron chi connectivity index (χ2n) is 7.86. The van der Waals surface area contributed by atoms with Gasteiger partial charge >= 0.3 is 12.1 Å². The van der Waals surface area contributed by atoms with Crippen molar-refractivity contribution in [3.8, 4) is 11.1 Å². The summed E-state index contributed by atoms with van der Waals surface area (Å²) in [5.74, 6) is -1.44. The van der Waals surface area contributed by atoms with E-state index in [2.05, 4.69) is 10.6 Å². The quantitative estimate of drug-likeness (QED) is 0.485. The van der Waals surface area contributed by atoms with Crippen molar-refractivity contribution in [1.29, 1.82) is 0 Å². The summed E-state index contributed by atoms with van der Waals surface area (Å²) >= 11 is 0. The molecule has 0 radical (unpaired) electrons. The molecule has 1 aliphatic rings. The molecule has 2 amide bonds. The highest BCUT2D eigenvalue weighted by atomic mass is 16.5. The number of furan rings is 1. The Morgan fingerprint density at radius 2 is 1.67 bits per heavy atom. The number of alkyl carbamates (subject to hydrolysis) is 1. The van der Waals surface area contributed by atoms with Crippen LogP contribution in [0.3, 0.4) is 0 Å². The highest BCUT2D eigenvalue weighted by Crippen LogP contribution is 2.44. The predicted octanol–water partition coefficient (Wildman–Crippen LogP) is 3.59. The highest BCUT2D eigenvalue weighted by Gasteiger charge is 2.30. The van der Waals surface area contributed by atoms with Gasteiger partial charge in [-0.05, 0) is 40.8 Å². The summed E-state index contributed by atoms with van der Waals surface area (Å²) in [5.41, 5.74) is 5.16. The number of carboxylic acid groups (broad SMARTS) is 1. The van der Waals surface area contributed by atoms with E-state index in [-0.39, 0.29) is 19.1 Å². The van der Waals surface area contributed by atoms with Gasteiger partial charge in [0, 0.05) is 5.92 Å². The topological polar surface area (TPSA) is 118 Å². The van der Waals surface area contributed by atoms with Gasteiger partial charge in [-0.3, -0.25) is 9.59 Å². The highest BCUT2D eigenvalue weighted by molar-refractivity contribution is 5.89. The molecule has 4 rings (SSSR count). The van der Waals surface area contributed by atoms with Crippen LogP contribution < -0.4 is 10.6 Å². The fourth-order valence-electron chi connectivity index (χ4n) is 4.04. The lowest BCUT2D eigenvalue weighted by atomic mass is 9.98.